The molecule has 0 fully saturated rings. The highest BCUT2D eigenvalue weighted by Crippen LogP contribution is 2.41. The Hall–Kier alpha value is 0.110. The highest BCUT2D eigenvalue weighted by molar-refractivity contribution is 7.99. The smallest absolute Gasteiger partial charge is 0.0464 e. The van der Waals surface area contributed by atoms with E-state index in [0.29, 0.717) is 10.3 Å². The molecule has 1 heterocycles. The Labute approximate surface area is 104 Å². The lowest BCUT2D eigenvalue weighted by molar-refractivity contribution is 0.643. The van der Waals surface area contributed by atoms with Crippen LogP contribution in [0.3, 0.4) is 0 Å². The van der Waals surface area contributed by atoms with Crippen molar-refractivity contribution < 1.29 is 0 Å². The van der Waals surface area contributed by atoms with Crippen LogP contribution in [0, 0.1) is 0 Å². The summed E-state index contributed by atoms with van der Waals surface area (Å²) in [5.41, 5.74) is 8.48. The van der Waals surface area contributed by atoms with Crippen LogP contribution in [0.5, 0.6) is 0 Å². The summed E-state index contributed by atoms with van der Waals surface area (Å²) in [6, 6.07) is 3.80. The van der Waals surface area contributed by atoms with Crippen LogP contribution in [0.15, 0.2) is 12.1 Å². The molecule has 4 heteroatoms. The van der Waals surface area contributed by atoms with Crippen molar-refractivity contribution in [2.24, 2.45) is 5.73 Å². The van der Waals surface area contributed by atoms with Crippen molar-refractivity contribution in [1.29, 1.82) is 0 Å². The molecule has 1 aliphatic rings. The monoisotopic (exact) mass is 261 g/mol. The summed E-state index contributed by atoms with van der Waals surface area (Å²) in [6.45, 7) is 2.16. The molecule has 1 aromatic rings. The van der Waals surface area contributed by atoms with Crippen LogP contribution in [0.4, 0.5) is 0 Å². The lowest BCUT2D eigenvalue weighted by Gasteiger charge is -2.30. The molecule has 0 saturated carbocycles. The number of hydrogen-bond donors (Lipinski definition) is 1. The number of nitrogens with two attached hydrogens (primary N) is 1. The average molecular weight is 262 g/mol. The summed E-state index contributed by atoms with van der Waals surface area (Å²) < 4.78 is 0. The van der Waals surface area contributed by atoms with E-state index in [9.17, 15) is 0 Å². The second-order valence-electron chi connectivity index (χ2n) is 3.74. The van der Waals surface area contributed by atoms with Crippen LogP contribution in [0.25, 0.3) is 0 Å². The van der Waals surface area contributed by atoms with Crippen molar-refractivity contribution in [2.75, 3.05) is 0 Å². The third-order valence-electron chi connectivity index (χ3n) is 2.80. The van der Waals surface area contributed by atoms with Gasteiger partial charge in [-0.2, -0.15) is 11.8 Å². The van der Waals surface area contributed by atoms with Crippen LogP contribution >= 0.6 is 35.0 Å². The van der Waals surface area contributed by atoms with E-state index in [4.69, 9.17) is 28.9 Å². The molecule has 0 amide bonds. The Balaban J connectivity index is 2.46. The van der Waals surface area contributed by atoms with Gasteiger partial charge in [-0.15, -0.1) is 0 Å². The fourth-order valence-corrected chi connectivity index (χ4v) is 3.89. The lowest BCUT2D eigenvalue weighted by Crippen LogP contribution is -2.27. The maximum Gasteiger partial charge on any atom is 0.0464 e. The Bertz CT molecular complexity index is 381. The van der Waals surface area contributed by atoms with Gasteiger partial charge in [0.25, 0.3) is 0 Å². The van der Waals surface area contributed by atoms with Crippen molar-refractivity contribution in [3.63, 3.8) is 0 Å². The number of benzene rings is 1. The van der Waals surface area contributed by atoms with Gasteiger partial charge in [-0.25, -0.2) is 0 Å². The fraction of sp³-hybridized carbons (Fsp3) is 0.455. The van der Waals surface area contributed by atoms with Gasteiger partial charge in [0.2, 0.25) is 0 Å². The molecule has 0 radical (unpaired) electrons. The molecule has 2 unspecified atom stereocenters. The highest BCUT2D eigenvalue weighted by atomic mass is 35.5. The van der Waals surface area contributed by atoms with E-state index in [2.05, 4.69) is 6.92 Å². The summed E-state index contributed by atoms with van der Waals surface area (Å²) in [5.74, 6) is 0.942. The van der Waals surface area contributed by atoms with Crippen molar-refractivity contribution in [3.8, 4) is 0 Å². The second kappa shape index (κ2) is 4.54. The molecule has 1 aliphatic heterocycles. The first-order valence-electron chi connectivity index (χ1n) is 4.98. The van der Waals surface area contributed by atoms with Crippen LogP contribution in [0.2, 0.25) is 10.0 Å². The molecule has 0 spiro atoms. The Morgan fingerprint density at radius 3 is 2.87 bits per heavy atom. The first-order valence-corrected chi connectivity index (χ1v) is 6.79. The molecular formula is C11H13Cl2NS. The minimum Gasteiger partial charge on any atom is -0.323 e. The molecule has 0 aliphatic carbocycles. The van der Waals surface area contributed by atoms with Crippen LogP contribution < -0.4 is 5.73 Å². The van der Waals surface area contributed by atoms with Crippen molar-refractivity contribution in [1.82, 2.24) is 0 Å². The van der Waals surface area contributed by atoms with Gasteiger partial charge in [0, 0.05) is 27.1 Å². The van der Waals surface area contributed by atoms with Crippen LogP contribution in [0.1, 0.15) is 30.5 Å². The molecule has 1 aromatic carbocycles. The van der Waals surface area contributed by atoms with Gasteiger partial charge in [0.1, 0.15) is 0 Å². The standard InChI is InChI=1S/C11H13Cl2NS/c1-2-10-11(14)7-3-6(12)4-9(13)8(7)5-15-10/h3-4,10-11H,2,5,14H2,1H3. The molecule has 15 heavy (non-hydrogen) atoms. The largest absolute Gasteiger partial charge is 0.323 e. The fourth-order valence-electron chi connectivity index (χ4n) is 1.94. The van der Waals surface area contributed by atoms with Gasteiger partial charge in [-0.1, -0.05) is 30.1 Å². The van der Waals surface area contributed by atoms with Gasteiger partial charge in [-0.05, 0) is 29.7 Å². The Morgan fingerprint density at radius 1 is 1.47 bits per heavy atom. The van der Waals surface area contributed by atoms with E-state index >= 15 is 0 Å². The zero-order valence-electron chi connectivity index (χ0n) is 8.47. The van der Waals surface area contributed by atoms with E-state index < -0.39 is 0 Å². The molecule has 2 atom stereocenters. The Kier molecular flexibility index (Phi) is 3.51. The zero-order chi connectivity index (χ0) is 11.0. The molecule has 82 valence electrons. The number of hydrogen-bond acceptors (Lipinski definition) is 2. The van der Waals surface area contributed by atoms with Gasteiger partial charge in [0.15, 0.2) is 0 Å². The maximum absolute atomic E-state index is 6.20. The van der Waals surface area contributed by atoms with E-state index in [0.717, 1.165) is 28.3 Å². The number of fused-ring (bicyclic) bond motifs is 1. The normalized spacial score (nSPS) is 25.1. The molecule has 0 aromatic heterocycles. The number of rotatable bonds is 1. The Morgan fingerprint density at radius 2 is 2.20 bits per heavy atom. The lowest BCUT2D eigenvalue weighted by atomic mass is 9.97. The zero-order valence-corrected chi connectivity index (χ0v) is 10.8. The van der Waals surface area contributed by atoms with Crippen molar-refractivity contribution in [3.05, 3.63) is 33.3 Å². The summed E-state index contributed by atoms with van der Waals surface area (Å²) >= 11 is 14.0. The topological polar surface area (TPSA) is 26.0 Å². The maximum atomic E-state index is 6.20. The summed E-state index contributed by atoms with van der Waals surface area (Å²) in [5, 5.41) is 1.90. The predicted octanol–water partition coefficient (Wildman–Crippen LogP) is 4.02. The van der Waals surface area contributed by atoms with Gasteiger partial charge < -0.3 is 5.73 Å². The summed E-state index contributed by atoms with van der Waals surface area (Å²) in [6.07, 6.45) is 1.08. The van der Waals surface area contributed by atoms with Crippen LogP contribution in [-0.4, -0.2) is 5.25 Å². The van der Waals surface area contributed by atoms with Crippen molar-refractivity contribution in [2.45, 2.75) is 30.4 Å². The minimum atomic E-state index is 0.0555. The molecule has 2 N–H and O–H groups in total. The van der Waals surface area contributed by atoms with E-state index in [1.807, 2.05) is 17.8 Å². The summed E-state index contributed by atoms with van der Waals surface area (Å²) in [4.78, 5) is 0. The predicted molar refractivity (Wildman–Crippen MR) is 68.8 cm³/mol. The van der Waals surface area contributed by atoms with E-state index in [1.165, 1.54) is 0 Å². The quantitative estimate of drug-likeness (QED) is 0.827. The molecule has 2 rings (SSSR count). The first-order chi connectivity index (χ1) is 7.13. The van der Waals surface area contributed by atoms with E-state index in [-0.39, 0.29) is 6.04 Å². The molecule has 0 saturated heterocycles. The highest BCUT2D eigenvalue weighted by Gasteiger charge is 2.27. The van der Waals surface area contributed by atoms with Crippen LogP contribution in [-0.2, 0) is 5.75 Å². The molecule has 1 nitrogen and oxygen atoms in total. The van der Waals surface area contributed by atoms with Gasteiger partial charge >= 0.3 is 0 Å². The van der Waals surface area contributed by atoms with E-state index in [1.54, 1.807) is 6.07 Å². The second-order valence-corrected chi connectivity index (χ2v) is 5.81. The molecular weight excluding hydrogens is 249 g/mol. The average Bonchev–Trinajstić information content (AvgIpc) is 2.19. The number of thioether (sulfide) groups is 1. The third-order valence-corrected chi connectivity index (χ3v) is 4.86. The first kappa shape index (κ1) is 11.6. The SMILES string of the molecule is CCC1SCc2c(Cl)cc(Cl)cc2C1N. The minimum absolute atomic E-state index is 0.0555. The summed E-state index contributed by atoms with van der Waals surface area (Å²) in [7, 11) is 0. The van der Waals surface area contributed by atoms with Crippen molar-refractivity contribution >= 4 is 35.0 Å². The number of halogens is 2. The van der Waals surface area contributed by atoms with Gasteiger partial charge in [-0.3, -0.25) is 0 Å². The van der Waals surface area contributed by atoms with Gasteiger partial charge in [0.05, 0.1) is 0 Å². The third kappa shape index (κ3) is 2.14. The molecule has 0 bridgehead atoms.